The quantitative estimate of drug-likeness (QED) is 0.311. The van der Waals surface area contributed by atoms with Gasteiger partial charge in [-0.15, -0.1) is 0 Å². The SMILES string of the molecule is CC(Nc1c(-c2c(F)cc(F)cc2F)c(F)nc2c1ncc[n+]2[O-])C(C)(C)C. The fourth-order valence-electron chi connectivity index (χ4n) is 2.63. The monoisotopic (exact) mass is 394 g/mol. The molecule has 9 heteroatoms. The molecule has 2 heterocycles. The van der Waals surface area contributed by atoms with Crippen molar-refractivity contribution in [2.45, 2.75) is 33.7 Å². The zero-order chi connectivity index (χ0) is 20.8. The first-order chi connectivity index (χ1) is 13.0. The average Bonchev–Trinajstić information content (AvgIpc) is 2.56. The summed E-state index contributed by atoms with van der Waals surface area (Å²) in [5.74, 6) is -5.01. The van der Waals surface area contributed by atoms with Crippen LogP contribution in [-0.2, 0) is 0 Å². The third-order valence-corrected chi connectivity index (χ3v) is 4.64. The zero-order valence-corrected chi connectivity index (χ0v) is 15.6. The Bertz CT molecular complexity index is 1040. The van der Waals surface area contributed by atoms with Crippen LogP contribution in [0, 0.1) is 34.0 Å². The molecule has 2 aromatic heterocycles. The van der Waals surface area contributed by atoms with Crippen LogP contribution in [0.4, 0.5) is 23.2 Å². The molecule has 0 amide bonds. The smallest absolute Gasteiger partial charge is 0.357 e. The first-order valence-electron chi connectivity index (χ1n) is 8.49. The Labute approximate surface area is 158 Å². The van der Waals surface area contributed by atoms with E-state index in [2.05, 4.69) is 15.3 Å². The summed E-state index contributed by atoms with van der Waals surface area (Å²) in [6.07, 6.45) is 2.20. The van der Waals surface area contributed by atoms with Crippen LogP contribution in [0.2, 0.25) is 0 Å². The number of pyridine rings is 1. The van der Waals surface area contributed by atoms with E-state index in [0.29, 0.717) is 16.9 Å². The maximum absolute atomic E-state index is 14.9. The van der Waals surface area contributed by atoms with Crippen LogP contribution in [0.5, 0.6) is 0 Å². The van der Waals surface area contributed by atoms with E-state index >= 15 is 0 Å². The number of halogens is 4. The summed E-state index contributed by atoms with van der Waals surface area (Å²) in [5, 5.41) is 15.0. The lowest BCUT2D eigenvalue weighted by atomic mass is 9.87. The fraction of sp³-hybridized carbons (Fsp3) is 0.316. The van der Waals surface area contributed by atoms with Gasteiger partial charge in [-0.05, 0) is 17.3 Å². The van der Waals surface area contributed by atoms with Crippen LogP contribution in [0.3, 0.4) is 0 Å². The lowest BCUT2D eigenvalue weighted by Gasteiger charge is -2.30. The van der Waals surface area contributed by atoms with Gasteiger partial charge >= 0.3 is 11.6 Å². The zero-order valence-electron chi connectivity index (χ0n) is 15.6. The first kappa shape index (κ1) is 19.8. The Morgan fingerprint density at radius 1 is 1.07 bits per heavy atom. The molecule has 0 aliphatic rings. The van der Waals surface area contributed by atoms with Gasteiger partial charge in [0.25, 0.3) is 0 Å². The van der Waals surface area contributed by atoms with Gasteiger partial charge < -0.3 is 10.5 Å². The maximum Gasteiger partial charge on any atom is 0.357 e. The molecule has 5 nitrogen and oxygen atoms in total. The highest BCUT2D eigenvalue weighted by Gasteiger charge is 2.31. The van der Waals surface area contributed by atoms with Crippen LogP contribution in [0.1, 0.15) is 27.7 Å². The van der Waals surface area contributed by atoms with E-state index in [-0.39, 0.29) is 28.3 Å². The van der Waals surface area contributed by atoms with Crippen LogP contribution >= 0.6 is 0 Å². The number of fused-ring (bicyclic) bond motifs is 1. The third kappa shape index (κ3) is 3.44. The number of anilines is 1. The number of aromatic nitrogens is 3. The summed E-state index contributed by atoms with van der Waals surface area (Å²) in [6, 6.07) is 0.584. The molecule has 0 aliphatic carbocycles. The van der Waals surface area contributed by atoms with Crippen molar-refractivity contribution >= 4 is 16.9 Å². The number of hydrogen-bond donors (Lipinski definition) is 1. The predicted octanol–water partition coefficient (Wildman–Crippen LogP) is 4.33. The van der Waals surface area contributed by atoms with Crippen molar-refractivity contribution in [3.63, 3.8) is 0 Å². The van der Waals surface area contributed by atoms with Gasteiger partial charge in [0.15, 0.2) is 5.52 Å². The van der Waals surface area contributed by atoms with Crippen molar-refractivity contribution in [3.8, 4) is 11.1 Å². The van der Waals surface area contributed by atoms with Crippen LogP contribution in [-0.4, -0.2) is 16.0 Å². The molecular formula is C19H18F4N4O. The van der Waals surface area contributed by atoms with E-state index in [1.165, 1.54) is 6.20 Å². The highest BCUT2D eigenvalue weighted by Crippen LogP contribution is 2.39. The summed E-state index contributed by atoms with van der Waals surface area (Å²) in [5.41, 5.74) is -2.19. The van der Waals surface area contributed by atoms with E-state index in [0.717, 1.165) is 6.20 Å². The molecule has 0 saturated heterocycles. The number of rotatable bonds is 3. The minimum absolute atomic E-state index is 0.0619. The van der Waals surface area contributed by atoms with Crippen molar-refractivity contribution < 1.29 is 22.3 Å². The highest BCUT2D eigenvalue weighted by molar-refractivity contribution is 5.95. The Morgan fingerprint density at radius 3 is 2.25 bits per heavy atom. The molecule has 0 spiro atoms. The van der Waals surface area contributed by atoms with Gasteiger partial charge in [0.05, 0.1) is 23.0 Å². The Kier molecular flexibility index (Phi) is 4.86. The maximum atomic E-state index is 14.9. The second-order valence-corrected chi connectivity index (χ2v) is 7.55. The van der Waals surface area contributed by atoms with Crippen LogP contribution < -0.4 is 10.0 Å². The number of benzene rings is 1. The predicted molar refractivity (Wildman–Crippen MR) is 96.3 cm³/mol. The van der Waals surface area contributed by atoms with Gasteiger partial charge in [0.1, 0.15) is 23.6 Å². The fourth-order valence-corrected chi connectivity index (χ4v) is 2.63. The topological polar surface area (TPSA) is 64.8 Å². The average molecular weight is 394 g/mol. The standard InChI is InChI=1S/C19H18F4N4O/c1-9(19(2,3)4)25-15-14(13-11(21)7-10(20)8-12(13)22)17(23)26-18-16(15)24-5-6-27(18)28/h5-9H,1-4H3,(H,25,26). The number of hydrogen-bond acceptors (Lipinski definition) is 4. The molecule has 3 aromatic rings. The molecule has 0 fully saturated rings. The summed E-state index contributed by atoms with van der Waals surface area (Å²) in [6.45, 7) is 7.51. The van der Waals surface area contributed by atoms with Gasteiger partial charge in [-0.25, -0.2) is 22.9 Å². The normalized spacial score (nSPS) is 13.0. The molecule has 1 unspecified atom stereocenters. The van der Waals surface area contributed by atoms with E-state index < -0.39 is 34.5 Å². The largest absolute Gasteiger partial charge is 0.710 e. The van der Waals surface area contributed by atoms with Gasteiger partial charge in [-0.1, -0.05) is 20.8 Å². The molecule has 1 aromatic carbocycles. The summed E-state index contributed by atoms with van der Waals surface area (Å²) in [7, 11) is 0. The molecule has 28 heavy (non-hydrogen) atoms. The van der Waals surface area contributed by atoms with Gasteiger partial charge in [0.2, 0.25) is 0 Å². The summed E-state index contributed by atoms with van der Waals surface area (Å²) in [4.78, 5) is 7.59. The molecule has 0 saturated carbocycles. The summed E-state index contributed by atoms with van der Waals surface area (Å²) >= 11 is 0. The Morgan fingerprint density at radius 2 is 1.68 bits per heavy atom. The van der Waals surface area contributed by atoms with E-state index in [1.54, 1.807) is 6.92 Å². The van der Waals surface area contributed by atoms with Gasteiger partial charge in [0, 0.05) is 18.2 Å². The van der Waals surface area contributed by atoms with Gasteiger partial charge in [-0.2, -0.15) is 4.39 Å². The minimum Gasteiger partial charge on any atom is -0.710 e. The van der Waals surface area contributed by atoms with Crippen LogP contribution in [0.25, 0.3) is 22.3 Å². The van der Waals surface area contributed by atoms with Crippen molar-refractivity contribution in [2.75, 3.05) is 5.32 Å². The molecule has 148 valence electrons. The Balaban J connectivity index is 2.40. The van der Waals surface area contributed by atoms with Crippen LogP contribution in [0.15, 0.2) is 24.5 Å². The second kappa shape index (κ2) is 6.88. The van der Waals surface area contributed by atoms with Crippen molar-refractivity contribution in [2.24, 2.45) is 5.41 Å². The van der Waals surface area contributed by atoms with E-state index in [9.17, 15) is 22.8 Å². The first-order valence-corrected chi connectivity index (χ1v) is 8.49. The number of nitrogens with one attached hydrogen (secondary N) is 1. The van der Waals surface area contributed by atoms with Crippen molar-refractivity contribution in [1.29, 1.82) is 0 Å². The third-order valence-electron chi connectivity index (χ3n) is 4.64. The molecule has 1 N–H and O–H groups in total. The molecular weight excluding hydrogens is 376 g/mol. The van der Waals surface area contributed by atoms with E-state index in [4.69, 9.17) is 0 Å². The Hall–Kier alpha value is -2.97. The molecule has 0 bridgehead atoms. The molecule has 3 rings (SSSR count). The minimum atomic E-state index is -1.30. The lowest BCUT2D eigenvalue weighted by Crippen LogP contribution is -2.33. The lowest BCUT2D eigenvalue weighted by molar-refractivity contribution is -0.579. The molecule has 0 radical (unpaired) electrons. The second-order valence-electron chi connectivity index (χ2n) is 7.55. The van der Waals surface area contributed by atoms with Crippen molar-refractivity contribution in [1.82, 2.24) is 9.97 Å². The molecule has 1 atom stereocenters. The van der Waals surface area contributed by atoms with Gasteiger partial charge in [-0.3, -0.25) is 0 Å². The molecule has 0 aliphatic heterocycles. The van der Waals surface area contributed by atoms with Crippen molar-refractivity contribution in [3.05, 3.63) is 53.1 Å². The number of nitrogens with zero attached hydrogens (tertiary/aromatic N) is 3. The highest BCUT2D eigenvalue weighted by atomic mass is 19.1. The van der Waals surface area contributed by atoms with E-state index in [1.807, 2.05) is 20.8 Å². The summed E-state index contributed by atoms with van der Waals surface area (Å²) < 4.78 is 57.4.